The highest BCUT2D eigenvalue weighted by Crippen LogP contribution is 2.50. The minimum Gasteiger partial charge on any atom is -0.466 e. The van der Waals surface area contributed by atoms with Crippen molar-refractivity contribution in [1.82, 2.24) is 0 Å². The van der Waals surface area contributed by atoms with Crippen LogP contribution < -0.4 is 0 Å². The second-order valence-corrected chi connectivity index (χ2v) is 7.30. The van der Waals surface area contributed by atoms with Crippen LogP contribution in [0.1, 0.15) is 32.8 Å². The normalized spacial score (nSPS) is 12.8. The summed E-state index contributed by atoms with van der Waals surface area (Å²) in [4.78, 5) is 11.9. The van der Waals surface area contributed by atoms with E-state index in [0.29, 0.717) is 26.2 Å². The smallest absolute Gasteiger partial charge is 0.330 e. The lowest BCUT2D eigenvalue weighted by Gasteiger charge is -2.23. The van der Waals surface area contributed by atoms with E-state index in [1.165, 1.54) is 0 Å². The number of hydrogen-bond acceptors (Lipinski definition) is 5. The molecule has 0 aliphatic carbocycles. The van der Waals surface area contributed by atoms with Crippen LogP contribution in [0.2, 0.25) is 0 Å². The molecule has 1 aromatic rings. The van der Waals surface area contributed by atoms with Gasteiger partial charge in [0, 0.05) is 6.42 Å². The third kappa shape index (κ3) is 7.78. The largest absolute Gasteiger partial charge is 0.466 e. The van der Waals surface area contributed by atoms with Crippen LogP contribution in [-0.2, 0) is 29.6 Å². The van der Waals surface area contributed by atoms with Crippen molar-refractivity contribution in [3.05, 3.63) is 35.9 Å². The zero-order chi connectivity index (χ0) is 17.1. The molecule has 0 aliphatic heterocycles. The van der Waals surface area contributed by atoms with Gasteiger partial charge in [-0.15, -0.1) is 0 Å². The van der Waals surface area contributed by atoms with Crippen molar-refractivity contribution in [2.45, 2.75) is 33.6 Å². The average Bonchev–Trinajstić information content (AvgIpc) is 2.48. The number of carbonyl (C=O) groups excluding carboxylic acids is 1. The maximum absolute atomic E-state index is 12.8. The van der Waals surface area contributed by atoms with E-state index in [1.54, 1.807) is 20.8 Å². The minimum atomic E-state index is -3.20. The van der Waals surface area contributed by atoms with Gasteiger partial charge in [-0.2, -0.15) is 0 Å². The molecule has 0 aliphatic rings. The first-order valence-corrected chi connectivity index (χ1v) is 9.83. The summed E-state index contributed by atoms with van der Waals surface area (Å²) in [6.07, 6.45) is 1.04. The third-order valence-corrected chi connectivity index (χ3v) is 5.53. The fourth-order valence-corrected chi connectivity index (χ4v) is 4.42. The molecule has 5 nitrogen and oxygen atoms in total. The molecule has 1 aromatic carbocycles. The first-order valence-electron chi connectivity index (χ1n) is 8.10. The highest BCUT2D eigenvalue weighted by Gasteiger charge is 2.30. The van der Waals surface area contributed by atoms with Crippen LogP contribution in [0.15, 0.2) is 30.3 Å². The van der Waals surface area contributed by atoms with E-state index in [-0.39, 0.29) is 24.5 Å². The van der Waals surface area contributed by atoms with Gasteiger partial charge < -0.3 is 13.8 Å². The predicted octanol–water partition coefficient (Wildman–Crippen LogP) is 4.06. The van der Waals surface area contributed by atoms with Gasteiger partial charge in [0.1, 0.15) is 0 Å². The lowest BCUT2D eigenvalue weighted by atomic mass is 9.98. The molecule has 1 atom stereocenters. The van der Waals surface area contributed by atoms with Crippen molar-refractivity contribution >= 4 is 13.6 Å². The molecule has 6 heteroatoms. The average molecular weight is 342 g/mol. The fourth-order valence-electron chi connectivity index (χ4n) is 2.46. The first-order chi connectivity index (χ1) is 11.0. The van der Waals surface area contributed by atoms with Gasteiger partial charge in [-0.25, -0.2) is 0 Å². The Hall–Kier alpha value is -1.16. The zero-order valence-corrected chi connectivity index (χ0v) is 15.1. The van der Waals surface area contributed by atoms with Crippen molar-refractivity contribution in [2.75, 3.05) is 26.0 Å². The molecule has 0 heterocycles. The van der Waals surface area contributed by atoms with Crippen LogP contribution in [0.4, 0.5) is 0 Å². The maximum Gasteiger partial charge on any atom is 0.330 e. The van der Waals surface area contributed by atoms with E-state index in [0.717, 1.165) is 5.56 Å². The number of esters is 1. The molecular weight excluding hydrogens is 315 g/mol. The van der Waals surface area contributed by atoms with Crippen LogP contribution in [0, 0.1) is 5.92 Å². The Kier molecular flexibility index (Phi) is 9.15. The van der Waals surface area contributed by atoms with Crippen LogP contribution in [0.25, 0.3) is 0 Å². The Morgan fingerprint density at radius 1 is 1.04 bits per heavy atom. The summed E-state index contributed by atoms with van der Waals surface area (Å²) in [7, 11) is -3.20. The Morgan fingerprint density at radius 2 is 1.65 bits per heavy atom. The van der Waals surface area contributed by atoms with Crippen molar-refractivity contribution in [1.29, 1.82) is 0 Å². The van der Waals surface area contributed by atoms with Gasteiger partial charge in [0.15, 0.2) is 0 Å². The summed E-state index contributed by atoms with van der Waals surface area (Å²) in [5.41, 5.74) is 1.08. The summed E-state index contributed by atoms with van der Waals surface area (Å²) in [5, 5.41) is 0. The quantitative estimate of drug-likeness (QED) is 0.448. The molecule has 23 heavy (non-hydrogen) atoms. The standard InChI is InChI=1S/C17H27O5P/c1-4-20-17(18)13-16(12-15-10-8-7-9-11-15)14-23(19,21-5-2)22-6-3/h7-11,16H,4-6,12-14H2,1-3H3. The van der Waals surface area contributed by atoms with Crippen LogP contribution in [0.5, 0.6) is 0 Å². The van der Waals surface area contributed by atoms with E-state index < -0.39 is 7.60 Å². The van der Waals surface area contributed by atoms with Gasteiger partial charge in [0.2, 0.25) is 0 Å². The molecule has 0 saturated carbocycles. The first kappa shape index (κ1) is 19.9. The summed E-state index contributed by atoms with van der Waals surface area (Å²) in [5.74, 6) is -0.437. The molecule has 0 spiro atoms. The molecule has 0 N–H and O–H groups in total. The number of rotatable bonds is 11. The summed E-state index contributed by atoms with van der Waals surface area (Å²) < 4.78 is 28.5. The van der Waals surface area contributed by atoms with Gasteiger partial charge in [0.05, 0.1) is 26.0 Å². The van der Waals surface area contributed by atoms with Gasteiger partial charge in [0.25, 0.3) is 0 Å². The molecule has 1 unspecified atom stereocenters. The van der Waals surface area contributed by atoms with E-state index in [1.807, 2.05) is 30.3 Å². The second kappa shape index (κ2) is 10.6. The highest BCUT2D eigenvalue weighted by atomic mass is 31.2. The summed E-state index contributed by atoms with van der Waals surface area (Å²) >= 11 is 0. The fraction of sp³-hybridized carbons (Fsp3) is 0.588. The van der Waals surface area contributed by atoms with E-state index >= 15 is 0 Å². The van der Waals surface area contributed by atoms with E-state index in [2.05, 4.69) is 0 Å². The molecule has 0 radical (unpaired) electrons. The predicted molar refractivity (Wildman–Crippen MR) is 90.6 cm³/mol. The van der Waals surface area contributed by atoms with Gasteiger partial charge in [-0.3, -0.25) is 9.36 Å². The molecule has 1 rings (SSSR count). The number of benzene rings is 1. The minimum absolute atomic E-state index is 0.152. The lowest BCUT2D eigenvalue weighted by molar-refractivity contribution is -0.144. The van der Waals surface area contributed by atoms with Crippen molar-refractivity contribution in [3.63, 3.8) is 0 Å². The summed E-state index contributed by atoms with van der Waals surface area (Å²) in [6.45, 7) is 6.30. The molecule has 0 bridgehead atoms. The van der Waals surface area contributed by atoms with Crippen molar-refractivity contribution in [3.8, 4) is 0 Å². The summed E-state index contributed by atoms with van der Waals surface area (Å²) in [6, 6.07) is 9.81. The third-order valence-electron chi connectivity index (χ3n) is 3.26. The van der Waals surface area contributed by atoms with Crippen molar-refractivity contribution in [2.24, 2.45) is 5.92 Å². The van der Waals surface area contributed by atoms with Gasteiger partial charge in [-0.1, -0.05) is 30.3 Å². The highest BCUT2D eigenvalue weighted by molar-refractivity contribution is 7.53. The second-order valence-electron chi connectivity index (χ2n) is 5.19. The molecule has 0 aromatic heterocycles. The molecule has 0 fully saturated rings. The zero-order valence-electron chi connectivity index (χ0n) is 14.2. The maximum atomic E-state index is 12.8. The SMILES string of the molecule is CCOC(=O)CC(Cc1ccccc1)CP(=O)(OCC)OCC. The van der Waals surface area contributed by atoms with E-state index in [4.69, 9.17) is 13.8 Å². The molecule has 0 amide bonds. The lowest BCUT2D eigenvalue weighted by Crippen LogP contribution is -2.19. The topological polar surface area (TPSA) is 61.8 Å². The Morgan fingerprint density at radius 3 is 2.17 bits per heavy atom. The number of hydrogen-bond donors (Lipinski definition) is 0. The van der Waals surface area contributed by atoms with Crippen LogP contribution >= 0.6 is 7.60 Å². The number of ether oxygens (including phenoxy) is 1. The Bertz CT molecular complexity index is 493. The monoisotopic (exact) mass is 342 g/mol. The molecular formula is C17H27O5P. The van der Waals surface area contributed by atoms with E-state index in [9.17, 15) is 9.36 Å². The van der Waals surface area contributed by atoms with Crippen molar-refractivity contribution < 1.29 is 23.1 Å². The number of carbonyl (C=O) groups is 1. The van der Waals surface area contributed by atoms with Gasteiger partial charge >= 0.3 is 13.6 Å². The Labute approximate surface area is 138 Å². The van der Waals surface area contributed by atoms with Crippen LogP contribution in [-0.4, -0.2) is 32.0 Å². The molecule has 130 valence electrons. The molecule has 0 saturated heterocycles. The van der Waals surface area contributed by atoms with Gasteiger partial charge in [-0.05, 0) is 38.7 Å². The Balaban J connectivity index is 2.84. The van der Waals surface area contributed by atoms with Crippen LogP contribution in [0.3, 0.4) is 0 Å².